The minimum absolute atomic E-state index is 0.0432. The average Bonchev–Trinajstić information content (AvgIpc) is 2.28. The van der Waals surface area contributed by atoms with Crippen LogP contribution >= 0.6 is 23.2 Å². The molecule has 3 rings (SSSR count). The van der Waals surface area contributed by atoms with Crippen molar-refractivity contribution in [3.05, 3.63) is 27.7 Å². The third-order valence-electron chi connectivity index (χ3n) is 3.97. The van der Waals surface area contributed by atoms with E-state index in [9.17, 15) is 4.79 Å². The monoisotopic (exact) mass is 299 g/mol. The van der Waals surface area contributed by atoms with Crippen LogP contribution in [0.4, 0.5) is 0 Å². The van der Waals surface area contributed by atoms with E-state index in [1.54, 1.807) is 12.1 Å². The Morgan fingerprint density at radius 3 is 2.63 bits per heavy atom. The molecule has 1 saturated carbocycles. The molecule has 0 saturated heterocycles. The molecule has 1 fully saturated rings. The molecule has 2 aliphatic rings. The standard InChI is InChI=1S/C14H15Cl2NO2/c1-8(18)17-12-7-14(3-2-4-14)19-13-6-11(16)10(15)5-9(12)13/h5-6,12H,2-4,7H2,1H3,(H,17,18). The number of benzene rings is 1. The number of amides is 1. The van der Waals surface area contributed by atoms with Gasteiger partial charge in [-0.1, -0.05) is 23.2 Å². The fourth-order valence-corrected chi connectivity index (χ4v) is 3.24. The van der Waals surface area contributed by atoms with E-state index in [1.165, 1.54) is 13.3 Å². The van der Waals surface area contributed by atoms with Gasteiger partial charge in [0.15, 0.2) is 0 Å². The van der Waals surface area contributed by atoms with E-state index in [-0.39, 0.29) is 17.6 Å². The quantitative estimate of drug-likeness (QED) is 0.855. The van der Waals surface area contributed by atoms with Crippen molar-refractivity contribution in [2.24, 2.45) is 0 Å². The first-order chi connectivity index (χ1) is 8.99. The summed E-state index contributed by atoms with van der Waals surface area (Å²) in [5, 5.41) is 3.96. The van der Waals surface area contributed by atoms with E-state index >= 15 is 0 Å². The number of hydrogen-bond acceptors (Lipinski definition) is 2. The zero-order chi connectivity index (χ0) is 13.6. The Hall–Kier alpha value is -0.930. The van der Waals surface area contributed by atoms with Crippen LogP contribution in [0.15, 0.2) is 12.1 Å². The first-order valence-corrected chi connectivity index (χ1v) is 7.20. The number of hydrogen-bond donors (Lipinski definition) is 1. The Bertz CT molecular complexity index is 540. The van der Waals surface area contributed by atoms with Gasteiger partial charge in [-0.15, -0.1) is 0 Å². The lowest BCUT2D eigenvalue weighted by Crippen LogP contribution is -2.49. The molecule has 19 heavy (non-hydrogen) atoms. The summed E-state index contributed by atoms with van der Waals surface area (Å²) in [6.45, 7) is 1.53. The van der Waals surface area contributed by atoms with Crippen LogP contribution in [0.25, 0.3) is 0 Å². The number of carbonyl (C=O) groups excluding carboxylic acids is 1. The molecule has 1 N–H and O–H groups in total. The summed E-state index contributed by atoms with van der Waals surface area (Å²) >= 11 is 12.1. The number of ether oxygens (including phenoxy) is 1. The van der Waals surface area contributed by atoms with E-state index in [0.29, 0.717) is 10.0 Å². The van der Waals surface area contributed by atoms with Gasteiger partial charge in [0, 0.05) is 25.0 Å². The predicted molar refractivity (Wildman–Crippen MR) is 74.8 cm³/mol. The fraction of sp³-hybridized carbons (Fsp3) is 0.500. The zero-order valence-corrected chi connectivity index (χ0v) is 12.1. The lowest BCUT2D eigenvalue weighted by Gasteiger charge is -2.48. The number of nitrogens with one attached hydrogen (secondary N) is 1. The second-order valence-electron chi connectivity index (χ2n) is 5.40. The summed E-state index contributed by atoms with van der Waals surface area (Å²) in [6.07, 6.45) is 4.03. The third kappa shape index (κ3) is 2.30. The molecule has 102 valence electrons. The van der Waals surface area contributed by atoms with Crippen LogP contribution in [-0.4, -0.2) is 11.5 Å². The molecule has 1 aromatic carbocycles. The van der Waals surface area contributed by atoms with Gasteiger partial charge in [0.1, 0.15) is 11.4 Å². The molecule has 1 unspecified atom stereocenters. The Labute approximate surface area is 122 Å². The molecule has 0 aromatic heterocycles. The highest BCUT2D eigenvalue weighted by molar-refractivity contribution is 6.42. The third-order valence-corrected chi connectivity index (χ3v) is 4.70. The SMILES string of the molecule is CC(=O)NC1CC2(CCC2)Oc2cc(Cl)c(Cl)cc21. The van der Waals surface area contributed by atoms with Gasteiger partial charge in [-0.25, -0.2) is 0 Å². The summed E-state index contributed by atoms with van der Waals surface area (Å²) in [6, 6.07) is 3.51. The number of rotatable bonds is 1. The maximum Gasteiger partial charge on any atom is 0.217 e. The van der Waals surface area contributed by atoms with Crippen molar-refractivity contribution in [3.8, 4) is 5.75 Å². The van der Waals surface area contributed by atoms with Crippen LogP contribution in [0, 0.1) is 0 Å². The van der Waals surface area contributed by atoms with Crippen molar-refractivity contribution in [2.75, 3.05) is 0 Å². The number of fused-ring (bicyclic) bond motifs is 1. The van der Waals surface area contributed by atoms with Gasteiger partial charge in [0.25, 0.3) is 0 Å². The first kappa shape index (κ1) is 13.1. The van der Waals surface area contributed by atoms with Crippen LogP contribution in [-0.2, 0) is 4.79 Å². The molecular formula is C14H15Cl2NO2. The summed E-state index contributed by atoms with van der Waals surface area (Å²) in [5.41, 5.74) is 0.791. The molecule has 1 atom stereocenters. The van der Waals surface area contributed by atoms with Gasteiger partial charge >= 0.3 is 0 Å². The Kier molecular flexibility index (Phi) is 3.14. The summed E-state index contributed by atoms with van der Waals surface area (Å²) in [5.74, 6) is 0.706. The molecule has 5 heteroatoms. The second kappa shape index (κ2) is 4.57. The van der Waals surface area contributed by atoms with E-state index in [0.717, 1.165) is 30.6 Å². The van der Waals surface area contributed by atoms with Crippen molar-refractivity contribution in [3.63, 3.8) is 0 Å². The maximum absolute atomic E-state index is 11.4. The lowest BCUT2D eigenvalue weighted by molar-refractivity contribution is -0.120. The predicted octanol–water partition coefficient (Wildman–Crippen LogP) is 3.88. The second-order valence-corrected chi connectivity index (χ2v) is 6.21. The van der Waals surface area contributed by atoms with Crippen molar-refractivity contribution >= 4 is 29.1 Å². The normalized spacial score (nSPS) is 23.2. The summed E-state index contributed by atoms with van der Waals surface area (Å²) < 4.78 is 6.11. The van der Waals surface area contributed by atoms with E-state index in [2.05, 4.69) is 5.32 Å². The van der Waals surface area contributed by atoms with E-state index in [1.807, 2.05) is 0 Å². The largest absolute Gasteiger partial charge is 0.487 e. The summed E-state index contributed by atoms with van der Waals surface area (Å²) in [4.78, 5) is 11.4. The molecule has 1 aliphatic carbocycles. The van der Waals surface area contributed by atoms with Gasteiger partial charge in [-0.3, -0.25) is 4.79 Å². The Morgan fingerprint density at radius 1 is 1.37 bits per heavy atom. The van der Waals surface area contributed by atoms with Crippen LogP contribution in [0.2, 0.25) is 10.0 Å². The van der Waals surface area contributed by atoms with E-state index in [4.69, 9.17) is 27.9 Å². The highest BCUT2D eigenvalue weighted by Gasteiger charge is 2.46. The molecule has 1 aliphatic heterocycles. The molecular weight excluding hydrogens is 285 g/mol. The van der Waals surface area contributed by atoms with Crippen molar-refractivity contribution in [2.45, 2.75) is 44.2 Å². The number of halogens is 2. The molecule has 0 bridgehead atoms. The van der Waals surface area contributed by atoms with Crippen molar-refractivity contribution in [1.82, 2.24) is 5.32 Å². The van der Waals surface area contributed by atoms with Crippen molar-refractivity contribution < 1.29 is 9.53 Å². The molecule has 1 amide bonds. The van der Waals surface area contributed by atoms with Crippen LogP contribution in [0.5, 0.6) is 5.75 Å². The van der Waals surface area contributed by atoms with Gasteiger partial charge < -0.3 is 10.1 Å². The Balaban J connectivity index is 2.01. The fourth-order valence-electron chi connectivity index (χ4n) is 2.91. The van der Waals surface area contributed by atoms with Crippen LogP contribution in [0.1, 0.15) is 44.2 Å². The average molecular weight is 300 g/mol. The van der Waals surface area contributed by atoms with Crippen LogP contribution in [0.3, 0.4) is 0 Å². The molecule has 1 spiro atoms. The zero-order valence-electron chi connectivity index (χ0n) is 10.6. The molecule has 3 nitrogen and oxygen atoms in total. The Morgan fingerprint density at radius 2 is 2.05 bits per heavy atom. The number of carbonyl (C=O) groups is 1. The highest BCUT2D eigenvalue weighted by Crippen LogP contribution is 2.50. The lowest BCUT2D eigenvalue weighted by atomic mass is 9.73. The van der Waals surface area contributed by atoms with Gasteiger partial charge in [-0.2, -0.15) is 0 Å². The minimum Gasteiger partial charge on any atom is -0.487 e. The van der Waals surface area contributed by atoms with E-state index < -0.39 is 0 Å². The molecule has 0 radical (unpaired) electrons. The highest BCUT2D eigenvalue weighted by atomic mass is 35.5. The molecule has 1 heterocycles. The first-order valence-electron chi connectivity index (χ1n) is 6.44. The topological polar surface area (TPSA) is 38.3 Å². The smallest absolute Gasteiger partial charge is 0.217 e. The van der Waals surface area contributed by atoms with Crippen molar-refractivity contribution in [1.29, 1.82) is 0 Å². The van der Waals surface area contributed by atoms with Gasteiger partial charge in [0.2, 0.25) is 5.91 Å². The van der Waals surface area contributed by atoms with Gasteiger partial charge in [-0.05, 0) is 25.3 Å². The van der Waals surface area contributed by atoms with Gasteiger partial charge in [0.05, 0.1) is 16.1 Å². The molecule has 1 aromatic rings. The summed E-state index contributed by atoms with van der Waals surface area (Å²) in [7, 11) is 0. The van der Waals surface area contributed by atoms with Crippen LogP contribution < -0.4 is 10.1 Å². The minimum atomic E-state index is -0.128. The maximum atomic E-state index is 11.4.